The van der Waals surface area contributed by atoms with Crippen LogP contribution in [0, 0.1) is 0 Å². The van der Waals surface area contributed by atoms with Crippen LogP contribution in [0.4, 0.5) is 0 Å². The lowest BCUT2D eigenvalue weighted by atomic mass is 9.95. The summed E-state index contributed by atoms with van der Waals surface area (Å²) in [5.74, 6) is 1.39. The fraction of sp³-hybridized carbons (Fsp3) is 0.800. The smallest absolute Gasteiger partial charge is 0.225 e. The minimum Gasteiger partial charge on any atom is -0.298 e. The third-order valence-corrected chi connectivity index (χ3v) is 3.45. The largest absolute Gasteiger partial charge is 0.298 e. The highest BCUT2D eigenvalue weighted by atomic mass is 35.5. The van der Waals surface area contributed by atoms with Crippen molar-refractivity contribution in [3.05, 3.63) is 11.1 Å². The van der Waals surface area contributed by atoms with Crippen LogP contribution >= 0.6 is 11.6 Å². The van der Waals surface area contributed by atoms with Gasteiger partial charge in [0.25, 0.3) is 0 Å². The van der Waals surface area contributed by atoms with E-state index in [4.69, 9.17) is 11.6 Å². The van der Waals surface area contributed by atoms with E-state index in [2.05, 4.69) is 31.0 Å². The van der Waals surface area contributed by atoms with E-state index in [-0.39, 0.29) is 11.5 Å². The van der Waals surface area contributed by atoms with Crippen molar-refractivity contribution < 1.29 is 4.21 Å². The van der Waals surface area contributed by atoms with Crippen molar-refractivity contribution in [3.63, 3.8) is 0 Å². The van der Waals surface area contributed by atoms with Gasteiger partial charge in [0.1, 0.15) is 5.82 Å². The van der Waals surface area contributed by atoms with Gasteiger partial charge < -0.3 is 0 Å². The fourth-order valence-electron chi connectivity index (χ4n) is 1.59. The molecule has 1 rings (SSSR count). The maximum atomic E-state index is 11.2. The average Bonchev–Trinajstić information content (AvgIpc) is 2.44. The maximum absolute atomic E-state index is 11.2. The highest BCUT2D eigenvalue weighted by molar-refractivity contribution is 7.84. The number of rotatable bonds is 3. The van der Waals surface area contributed by atoms with Gasteiger partial charge >= 0.3 is 0 Å². The molecule has 0 amide bonds. The van der Waals surface area contributed by atoms with E-state index in [9.17, 15) is 4.21 Å². The number of hydrogen-bond acceptors (Lipinski definition) is 3. The van der Waals surface area contributed by atoms with Gasteiger partial charge in [-0.2, -0.15) is 0 Å². The summed E-state index contributed by atoms with van der Waals surface area (Å²) in [5.41, 5.74) is -0.121. The van der Waals surface area contributed by atoms with E-state index in [1.807, 2.05) is 11.5 Å². The molecule has 4 nitrogen and oxygen atoms in total. The Labute approximate surface area is 104 Å². The van der Waals surface area contributed by atoms with E-state index in [0.717, 1.165) is 5.82 Å². The summed E-state index contributed by atoms with van der Waals surface area (Å²) in [6.45, 7) is 8.14. The van der Waals surface area contributed by atoms with E-state index in [1.54, 1.807) is 6.26 Å². The Bertz CT molecular complexity index is 397. The molecule has 0 aromatic carbocycles. The molecule has 0 fully saturated rings. The molecule has 2 atom stereocenters. The SMILES string of the molecule is CC(CS(C)=O)n1c(Cl)nnc1C(C)(C)C. The molecule has 6 heteroatoms. The molecule has 1 aromatic rings. The molecule has 1 heterocycles. The van der Waals surface area contributed by atoms with E-state index in [0.29, 0.717) is 11.0 Å². The zero-order valence-electron chi connectivity index (χ0n) is 10.3. The summed E-state index contributed by atoms with van der Waals surface area (Å²) >= 11 is 6.02. The van der Waals surface area contributed by atoms with Gasteiger partial charge in [-0.25, -0.2) is 0 Å². The Morgan fingerprint density at radius 1 is 1.44 bits per heavy atom. The molecule has 0 aliphatic rings. The molecule has 0 radical (unpaired) electrons. The van der Waals surface area contributed by atoms with Gasteiger partial charge in [0.15, 0.2) is 0 Å². The van der Waals surface area contributed by atoms with Crippen LogP contribution in [0.25, 0.3) is 0 Å². The molecular formula is C10H18ClN3OS. The molecule has 1 aromatic heterocycles. The molecule has 16 heavy (non-hydrogen) atoms. The highest BCUT2D eigenvalue weighted by Crippen LogP contribution is 2.26. The van der Waals surface area contributed by atoms with Crippen LogP contribution in [0.1, 0.15) is 39.6 Å². The third kappa shape index (κ3) is 3.04. The quantitative estimate of drug-likeness (QED) is 0.840. The van der Waals surface area contributed by atoms with Gasteiger partial charge in [-0.1, -0.05) is 20.8 Å². The van der Waals surface area contributed by atoms with Crippen LogP contribution in [0.5, 0.6) is 0 Å². The first-order chi connectivity index (χ1) is 7.23. The number of aromatic nitrogens is 3. The minimum absolute atomic E-state index is 0.0440. The third-order valence-electron chi connectivity index (χ3n) is 2.24. The van der Waals surface area contributed by atoms with Gasteiger partial charge in [-0.15, -0.1) is 10.2 Å². The van der Waals surface area contributed by atoms with Gasteiger partial charge in [0.05, 0.1) is 0 Å². The number of hydrogen-bond donors (Lipinski definition) is 0. The average molecular weight is 264 g/mol. The summed E-state index contributed by atoms with van der Waals surface area (Å²) < 4.78 is 13.1. The number of nitrogens with zero attached hydrogens (tertiary/aromatic N) is 3. The summed E-state index contributed by atoms with van der Waals surface area (Å²) in [7, 11) is -0.859. The normalized spacial score (nSPS) is 16.1. The molecule has 0 saturated heterocycles. The Balaban J connectivity index is 3.11. The van der Waals surface area contributed by atoms with E-state index in [1.165, 1.54) is 0 Å². The number of halogens is 1. The van der Waals surface area contributed by atoms with Gasteiger partial charge in [0, 0.05) is 34.3 Å². The Morgan fingerprint density at radius 2 is 2.00 bits per heavy atom. The summed E-state index contributed by atoms with van der Waals surface area (Å²) in [5, 5.41) is 8.35. The highest BCUT2D eigenvalue weighted by Gasteiger charge is 2.26. The molecule has 0 N–H and O–H groups in total. The van der Waals surface area contributed by atoms with E-state index >= 15 is 0 Å². The zero-order valence-corrected chi connectivity index (χ0v) is 11.9. The van der Waals surface area contributed by atoms with Crippen LogP contribution in [0.2, 0.25) is 5.28 Å². The van der Waals surface area contributed by atoms with Crippen LogP contribution in [-0.2, 0) is 16.2 Å². The van der Waals surface area contributed by atoms with Crippen molar-refractivity contribution in [2.45, 2.75) is 39.2 Å². The molecule has 0 bridgehead atoms. The molecule has 0 spiro atoms. The van der Waals surface area contributed by atoms with Crippen molar-refractivity contribution >= 4 is 22.4 Å². The van der Waals surface area contributed by atoms with Crippen molar-refractivity contribution in [2.75, 3.05) is 12.0 Å². The minimum atomic E-state index is -0.859. The Kier molecular flexibility index (Phi) is 4.12. The molecule has 92 valence electrons. The first-order valence-electron chi connectivity index (χ1n) is 5.14. The second kappa shape index (κ2) is 4.84. The van der Waals surface area contributed by atoms with Crippen molar-refractivity contribution in [3.8, 4) is 0 Å². The summed E-state index contributed by atoms with van der Waals surface area (Å²) in [4.78, 5) is 0. The molecule has 0 aliphatic carbocycles. The fourth-order valence-corrected chi connectivity index (χ4v) is 2.70. The first kappa shape index (κ1) is 13.6. The monoisotopic (exact) mass is 263 g/mol. The second-order valence-corrected chi connectivity index (χ2v) is 6.82. The molecule has 0 saturated carbocycles. The van der Waals surface area contributed by atoms with Crippen LogP contribution in [-0.4, -0.2) is 31.0 Å². The first-order valence-corrected chi connectivity index (χ1v) is 7.25. The van der Waals surface area contributed by atoms with Gasteiger partial charge in [-0.3, -0.25) is 8.78 Å². The Hall–Kier alpha value is -0.420. The topological polar surface area (TPSA) is 47.8 Å². The lowest BCUT2D eigenvalue weighted by molar-refractivity contribution is 0.470. The lowest BCUT2D eigenvalue weighted by Gasteiger charge is -2.22. The summed E-state index contributed by atoms with van der Waals surface area (Å²) in [6.07, 6.45) is 1.69. The summed E-state index contributed by atoms with van der Waals surface area (Å²) in [6, 6.07) is 0.0440. The van der Waals surface area contributed by atoms with E-state index < -0.39 is 10.8 Å². The van der Waals surface area contributed by atoms with Crippen molar-refractivity contribution in [1.82, 2.24) is 14.8 Å². The Morgan fingerprint density at radius 3 is 2.44 bits per heavy atom. The maximum Gasteiger partial charge on any atom is 0.225 e. The second-order valence-electron chi connectivity index (χ2n) is 5.00. The van der Waals surface area contributed by atoms with Crippen molar-refractivity contribution in [2.24, 2.45) is 0 Å². The predicted octanol–water partition coefficient (Wildman–Crippen LogP) is 2.17. The van der Waals surface area contributed by atoms with Crippen LogP contribution in [0.3, 0.4) is 0 Å². The van der Waals surface area contributed by atoms with Gasteiger partial charge in [-0.05, 0) is 18.5 Å². The van der Waals surface area contributed by atoms with Crippen LogP contribution in [0.15, 0.2) is 0 Å². The van der Waals surface area contributed by atoms with Gasteiger partial charge in [0.2, 0.25) is 5.28 Å². The zero-order chi connectivity index (χ0) is 12.5. The molecular weight excluding hydrogens is 246 g/mol. The van der Waals surface area contributed by atoms with Crippen molar-refractivity contribution in [1.29, 1.82) is 0 Å². The standard InChI is InChI=1S/C10H18ClN3OS/c1-7(6-16(5)15)14-8(10(2,3)4)12-13-9(14)11/h7H,6H2,1-5H3. The molecule has 0 aliphatic heterocycles. The predicted molar refractivity (Wildman–Crippen MR) is 67.4 cm³/mol. The molecule has 2 unspecified atom stereocenters. The van der Waals surface area contributed by atoms with Crippen LogP contribution < -0.4 is 0 Å². The lowest BCUT2D eigenvalue weighted by Crippen LogP contribution is -2.23.